The van der Waals surface area contributed by atoms with Crippen LogP contribution in [0.15, 0.2) is 23.2 Å². The second-order valence-electron chi connectivity index (χ2n) is 6.41. The maximum Gasteiger partial charge on any atom is 0.242 e. The lowest BCUT2D eigenvalue weighted by atomic mass is 10.1. The van der Waals surface area contributed by atoms with E-state index in [1.807, 2.05) is 27.7 Å². The summed E-state index contributed by atoms with van der Waals surface area (Å²) in [6.45, 7) is 9.01. The van der Waals surface area contributed by atoms with Crippen molar-refractivity contribution >= 4 is 23.5 Å². The summed E-state index contributed by atoms with van der Waals surface area (Å²) in [5, 5.41) is 9.47. The van der Waals surface area contributed by atoms with E-state index in [1.165, 1.54) is 12.1 Å². The lowest BCUT2D eigenvalue weighted by Crippen LogP contribution is -2.43. The Bertz CT molecular complexity index is 584. The third-order valence-electron chi connectivity index (χ3n) is 2.94. The molecular weight excluding hydrogens is 331 g/mol. The van der Waals surface area contributed by atoms with Crippen LogP contribution in [0, 0.1) is 5.82 Å². The Morgan fingerprint density at radius 1 is 1.29 bits per heavy atom. The van der Waals surface area contributed by atoms with E-state index < -0.39 is 0 Å². The summed E-state index contributed by atoms with van der Waals surface area (Å²) in [5.74, 6) is 0.0672. The van der Waals surface area contributed by atoms with E-state index in [0.29, 0.717) is 30.5 Å². The summed E-state index contributed by atoms with van der Waals surface area (Å²) in [4.78, 5) is 16.1. The Morgan fingerprint density at radius 2 is 2.00 bits per heavy atom. The van der Waals surface area contributed by atoms with Crippen LogP contribution in [0.1, 0.15) is 33.3 Å². The first-order valence-corrected chi connectivity index (χ1v) is 8.36. The molecular formula is C17H26ClFN4O. The third kappa shape index (κ3) is 8.15. The standard InChI is InChI=1S/C17H26ClFN4O/c1-5-20-16(22-11-15(24)23-17(2,3)4)21-9-8-12-6-7-13(19)10-14(12)18/h6-7,10H,5,8-9,11H2,1-4H3,(H,23,24)(H2,20,21,22). The molecule has 5 nitrogen and oxygen atoms in total. The van der Waals surface area contributed by atoms with Gasteiger partial charge in [0.2, 0.25) is 5.91 Å². The van der Waals surface area contributed by atoms with E-state index in [1.54, 1.807) is 6.07 Å². The second kappa shape index (κ2) is 9.47. The van der Waals surface area contributed by atoms with E-state index in [0.717, 1.165) is 5.56 Å². The highest BCUT2D eigenvalue weighted by Crippen LogP contribution is 2.17. The smallest absolute Gasteiger partial charge is 0.242 e. The fourth-order valence-electron chi connectivity index (χ4n) is 1.99. The van der Waals surface area contributed by atoms with Gasteiger partial charge in [0.1, 0.15) is 12.4 Å². The highest BCUT2D eigenvalue weighted by Gasteiger charge is 2.13. The van der Waals surface area contributed by atoms with Crippen LogP contribution in [0.25, 0.3) is 0 Å². The number of benzene rings is 1. The van der Waals surface area contributed by atoms with Gasteiger partial charge in [0.05, 0.1) is 0 Å². The van der Waals surface area contributed by atoms with E-state index >= 15 is 0 Å². The highest BCUT2D eigenvalue weighted by molar-refractivity contribution is 6.31. The lowest BCUT2D eigenvalue weighted by molar-refractivity contribution is -0.121. The topological polar surface area (TPSA) is 65.5 Å². The van der Waals surface area contributed by atoms with E-state index in [-0.39, 0.29) is 23.8 Å². The Morgan fingerprint density at radius 3 is 2.58 bits per heavy atom. The molecule has 1 aromatic rings. The molecule has 0 spiro atoms. The van der Waals surface area contributed by atoms with Gasteiger partial charge in [-0.15, -0.1) is 0 Å². The second-order valence-corrected chi connectivity index (χ2v) is 6.81. The Kier molecular flexibility index (Phi) is 7.98. The van der Waals surface area contributed by atoms with E-state index in [9.17, 15) is 9.18 Å². The molecule has 0 unspecified atom stereocenters. The molecule has 3 N–H and O–H groups in total. The maximum absolute atomic E-state index is 13.0. The minimum absolute atomic E-state index is 0.0455. The monoisotopic (exact) mass is 356 g/mol. The van der Waals surface area contributed by atoms with Gasteiger partial charge in [-0.25, -0.2) is 9.38 Å². The molecule has 24 heavy (non-hydrogen) atoms. The fourth-order valence-corrected chi connectivity index (χ4v) is 2.25. The number of halogens is 2. The van der Waals surface area contributed by atoms with Gasteiger partial charge in [0, 0.05) is 23.7 Å². The molecule has 0 atom stereocenters. The predicted molar refractivity (Wildman–Crippen MR) is 97.0 cm³/mol. The number of carbonyl (C=O) groups excluding carboxylic acids is 1. The van der Waals surface area contributed by atoms with Gasteiger partial charge in [0.15, 0.2) is 5.96 Å². The molecule has 0 heterocycles. The number of rotatable bonds is 6. The third-order valence-corrected chi connectivity index (χ3v) is 3.29. The van der Waals surface area contributed by atoms with Gasteiger partial charge in [-0.2, -0.15) is 0 Å². The van der Waals surface area contributed by atoms with Gasteiger partial charge in [0.25, 0.3) is 0 Å². The summed E-state index contributed by atoms with van der Waals surface area (Å²) in [7, 11) is 0. The number of amides is 1. The molecule has 0 aromatic heterocycles. The number of nitrogens with zero attached hydrogens (tertiary/aromatic N) is 1. The SMILES string of the molecule is CCNC(=NCC(=O)NC(C)(C)C)NCCc1ccc(F)cc1Cl. The molecule has 0 aliphatic rings. The van der Waals surface area contributed by atoms with Crippen molar-refractivity contribution in [3.63, 3.8) is 0 Å². The minimum atomic E-state index is -0.350. The number of hydrogen-bond acceptors (Lipinski definition) is 2. The summed E-state index contributed by atoms with van der Waals surface area (Å²) >= 11 is 6.00. The predicted octanol–water partition coefficient (Wildman–Crippen LogP) is 2.49. The van der Waals surface area contributed by atoms with E-state index in [4.69, 9.17) is 11.6 Å². The molecule has 1 rings (SSSR count). The first-order valence-electron chi connectivity index (χ1n) is 7.98. The molecule has 1 amide bonds. The number of guanidine groups is 1. The van der Waals surface area contributed by atoms with Crippen molar-refractivity contribution in [2.24, 2.45) is 4.99 Å². The summed E-state index contributed by atoms with van der Waals surface area (Å²) in [5.41, 5.74) is 0.574. The Labute approximate surface area is 148 Å². The van der Waals surface area contributed by atoms with Crippen molar-refractivity contribution in [1.82, 2.24) is 16.0 Å². The maximum atomic E-state index is 13.0. The molecule has 7 heteroatoms. The van der Waals surface area contributed by atoms with Crippen LogP contribution in [0.2, 0.25) is 5.02 Å². The van der Waals surface area contributed by atoms with Crippen molar-refractivity contribution in [3.8, 4) is 0 Å². The van der Waals surface area contributed by atoms with Crippen molar-refractivity contribution in [2.75, 3.05) is 19.6 Å². The average molecular weight is 357 g/mol. The number of carbonyl (C=O) groups is 1. The van der Waals surface area contributed by atoms with Gasteiger partial charge < -0.3 is 16.0 Å². The first kappa shape index (κ1) is 20.2. The van der Waals surface area contributed by atoms with Gasteiger partial charge in [-0.3, -0.25) is 4.79 Å². The summed E-state index contributed by atoms with van der Waals surface area (Å²) in [6, 6.07) is 4.35. The quantitative estimate of drug-likeness (QED) is 0.542. The Hall–Kier alpha value is -1.82. The van der Waals surface area contributed by atoms with Gasteiger partial charge in [-0.05, 0) is 51.8 Å². The molecule has 0 fully saturated rings. The van der Waals surface area contributed by atoms with Crippen LogP contribution in [0.5, 0.6) is 0 Å². The van der Waals surface area contributed by atoms with Crippen molar-refractivity contribution in [2.45, 2.75) is 39.7 Å². The largest absolute Gasteiger partial charge is 0.357 e. The minimum Gasteiger partial charge on any atom is -0.357 e. The van der Waals surface area contributed by atoms with Crippen LogP contribution in [0.4, 0.5) is 4.39 Å². The summed E-state index contributed by atoms with van der Waals surface area (Å²) in [6.07, 6.45) is 0.623. The van der Waals surface area contributed by atoms with Gasteiger partial charge in [-0.1, -0.05) is 17.7 Å². The highest BCUT2D eigenvalue weighted by atomic mass is 35.5. The Balaban J connectivity index is 2.53. The zero-order chi connectivity index (χ0) is 18.2. The number of nitrogens with one attached hydrogen (secondary N) is 3. The van der Waals surface area contributed by atoms with Crippen LogP contribution in [-0.4, -0.2) is 37.0 Å². The van der Waals surface area contributed by atoms with Crippen LogP contribution in [-0.2, 0) is 11.2 Å². The lowest BCUT2D eigenvalue weighted by Gasteiger charge is -2.20. The molecule has 0 saturated carbocycles. The summed E-state index contributed by atoms with van der Waals surface area (Å²) < 4.78 is 13.0. The van der Waals surface area contributed by atoms with Crippen molar-refractivity contribution in [3.05, 3.63) is 34.6 Å². The van der Waals surface area contributed by atoms with Crippen LogP contribution in [0.3, 0.4) is 0 Å². The molecule has 0 bridgehead atoms. The zero-order valence-corrected chi connectivity index (χ0v) is 15.4. The molecule has 0 aliphatic carbocycles. The fraction of sp³-hybridized carbons (Fsp3) is 0.529. The first-order chi connectivity index (χ1) is 11.2. The van der Waals surface area contributed by atoms with Crippen LogP contribution < -0.4 is 16.0 Å². The van der Waals surface area contributed by atoms with Crippen molar-refractivity contribution in [1.29, 1.82) is 0 Å². The molecule has 0 aliphatic heterocycles. The average Bonchev–Trinajstić information content (AvgIpc) is 2.45. The molecule has 0 radical (unpaired) electrons. The van der Waals surface area contributed by atoms with Gasteiger partial charge >= 0.3 is 0 Å². The molecule has 134 valence electrons. The van der Waals surface area contributed by atoms with Crippen LogP contribution >= 0.6 is 11.6 Å². The number of hydrogen-bond donors (Lipinski definition) is 3. The number of aliphatic imine (C=N–C) groups is 1. The zero-order valence-electron chi connectivity index (χ0n) is 14.7. The molecule has 0 saturated heterocycles. The normalized spacial score (nSPS) is 12.0. The molecule has 1 aromatic carbocycles. The van der Waals surface area contributed by atoms with E-state index in [2.05, 4.69) is 20.9 Å². The van der Waals surface area contributed by atoms with Crippen molar-refractivity contribution < 1.29 is 9.18 Å².